The van der Waals surface area contributed by atoms with Crippen molar-refractivity contribution < 1.29 is 0 Å². The lowest BCUT2D eigenvalue weighted by Crippen LogP contribution is -2.35. The first-order chi connectivity index (χ1) is 10.00. The van der Waals surface area contributed by atoms with E-state index in [1.54, 1.807) is 0 Å². The number of hydrogen-bond donors (Lipinski definition) is 0. The van der Waals surface area contributed by atoms with Gasteiger partial charge in [-0.25, -0.2) is 0 Å². The normalized spacial score (nSPS) is 11.4. The molecule has 0 spiro atoms. The van der Waals surface area contributed by atoms with E-state index in [2.05, 4.69) is 87.2 Å². The van der Waals surface area contributed by atoms with Gasteiger partial charge in [0, 0.05) is 18.8 Å². The second kappa shape index (κ2) is 6.80. The van der Waals surface area contributed by atoms with E-state index in [0.29, 0.717) is 0 Å². The first kappa shape index (κ1) is 15.6. The Bertz CT molecular complexity index is 540. The summed E-state index contributed by atoms with van der Waals surface area (Å²) < 4.78 is 0. The summed E-state index contributed by atoms with van der Waals surface area (Å²) in [5.41, 5.74) is 4.32. The molecule has 0 saturated heterocycles. The summed E-state index contributed by atoms with van der Waals surface area (Å²) in [6, 6.07) is 19.6. The van der Waals surface area contributed by atoms with Crippen molar-refractivity contribution in [3.63, 3.8) is 0 Å². The van der Waals surface area contributed by atoms with E-state index in [-0.39, 0.29) is 5.41 Å². The van der Waals surface area contributed by atoms with Crippen LogP contribution in [0.3, 0.4) is 0 Å². The quantitative estimate of drug-likeness (QED) is 0.713. The number of anilines is 1. The van der Waals surface area contributed by atoms with Crippen LogP contribution in [0.4, 0.5) is 5.69 Å². The van der Waals surface area contributed by atoms with Crippen LogP contribution in [-0.4, -0.2) is 13.1 Å². The molecule has 0 aliphatic rings. The number of aryl methyl sites for hydroxylation is 1. The van der Waals surface area contributed by atoms with Crippen LogP contribution in [0.2, 0.25) is 0 Å². The van der Waals surface area contributed by atoms with E-state index in [0.717, 1.165) is 19.5 Å². The van der Waals surface area contributed by atoms with Gasteiger partial charge < -0.3 is 4.90 Å². The lowest BCUT2D eigenvalue weighted by atomic mass is 9.85. The summed E-state index contributed by atoms with van der Waals surface area (Å²) in [5, 5.41) is 0. The fourth-order valence-electron chi connectivity index (χ4n) is 2.86. The summed E-state index contributed by atoms with van der Waals surface area (Å²) in [7, 11) is 0. The van der Waals surface area contributed by atoms with E-state index in [4.69, 9.17) is 0 Å². The van der Waals surface area contributed by atoms with E-state index in [1.165, 1.54) is 16.8 Å². The van der Waals surface area contributed by atoms with Crippen molar-refractivity contribution in [1.82, 2.24) is 0 Å². The zero-order valence-corrected chi connectivity index (χ0v) is 13.8. The Hall–Kier alpha value is -1.76. The molecule has 112 valence electrons. The maximum absolute atomic E-state index is 2.47. The van der Waals surface area contributed by atoms with Gasteiger partial charge in [0.25, 0.3) is 0 Å². The van der Waals surface area contributed by atoms with Gasteiger partial charge in [0.05, 0.1) is 0 Å². The number of rotatable bonds is 6. The molecule has 0 bridgehead atoms. The molecule has 1 heteroatoms. The van der Waals surface area contributed by atoms with E-state index < -0.39 is 0 Å². The highest BCUT2D eigenvalue weighted by Crippen LogP contribution is 2.26. The summed E-state index contributed by atoms with van der Waals surface area (Å²) >= 11 is 0. The van der Waals surface area contributed by atoms with Gasteiger partial charge in [0.15, 0.2) is 0 Å². The third kappa shape index (κ3) is 4.63. The second-order valence-corrected chi connectivity index (χ2v) is 6.68. The van der Waals surface area contributed by atoms with Crippen LogP contribution in [0, 0.1) is 12.3 Å². The predicted molar refractivity (Wildman–Crippen MR) is 93.0 cm³/mol. The van der Waals surface area contributed by atoms with E-state index in [9.17, 15) is 0 Å². The number of benzene rings is 2. The molecule has 0 saturated carbocycles. The van der Waals surface area contributed by atoms with Gasteiger partial charge >= 0.3 is 0 Å². The van der Waals surface area contributed by atoms with Crippen molar-refractivity contribution in [2.45, 2.75) is 34.1 Å². The highest BCUT2D eigenvalue weighted by Gasteiger charge is 2.22. The van der Waals surface area contributed by atoms with Crippen molar-refractivity contribution in [3.8, 4) is 0 Å². The highest BCUT2D eigenvalue weighted by molar-refractivity contribution is 5.46. The maximum Gasteiger partial charge on any atom is 0.0366 e. The van der Waals surface area contributed by atoms with E-state index >= 15 is 0 Å². The van der Waals surface area contributed by atoms with Gasteiger partial charge in [-0.1, -0.05) is 61.9 Å². The summed E-state index contributed by atoms with van der Waals surface area (Å²) in [6.45, 7) is 11.2. The molecule has 21 heavy (non-hydrogen) atoms. The summed E-state index contributed by atoms with van der Waals surface area (Å²) in [5.74, 6) is 0. The minimum Gasteiger partial charge on any atom is -0.371 e. The molecule has 2 rings (SSSR count). The van der Waals surface area contributed by atoms with Gasteiger partial charge in [-0.3, -0.25) is 0 Å². The molecule has 0 aromatic heterocycles. The average Bonchev–Trinajstić information content (AvgIpc) is 2.48. The minimum atomic E-state index is 0.251. The van der Waals surface area contributed by atoms with Gasteiger partial charge in [0.1, 0.15) is 0 Å². The molecule has 1 nitrogen and oxygen atoms in total. The van der Waals surface area contributed by atoms with Gasteiger partial charge in [-0.2, -0.15) is 0 Å². The van der Waals surface area contributed by atoms with Crippen molar-refractivity contribution in [3.05, 3.63) is 65.7 Å². The topological polar surface area (TPSA) is 3.24 Å². The molecular formula is C20H27N. The number of para-hydroxylation sites is 1. The standard InChI is InChI=1S/C20H27N/c1-5-21(19-9-7-6-8-10-19)16-20(3,4)15-18-13-11-17(2)12-14-18/h6-14H,5,15-16H2,1-4H3. The van der Waals surface area contributed by atoms with Crippen LogP contribution in [-0.2, 0) is 6.42 Å². The van der Waals surface area contributed by atoms with Crippen LogP contribution in [0.25, 0.3) is 0 Å². The number of hydrogen-bond acceptors (Lipinski definition) is 1. The minimum absolute atomic E-state index is 0.251. The molecule has 0 radical (unpaired) electrons. The van der Waals surface area contributed by atoms with Gasteiger partial charge in [-0.15, -0.1) is 0 Å². The molecule has 0 amide bonds. The Kier molecular flexibility index (Phi) is 5.06. The Labute approximate surface area is 129 Å². The third-order valence-electron chi connectivity index (χ3n) is 3.93. The lowest BCUT2D eigenvalue weighted by Gasteiger charge is -2.34. The molecule has 0 heterocycles. The Morgan fingerprint density at radius 2 is 1.52 bits per heavy atom. The zero-order valence-electron chi connectivity index (χ0n) is 13.8. The van der Waals surface area contributed by atoms with E-state index in [1.807, 2.05) is 0 Å². The van der Waals surface area contributed by atoms with Crippen LogP contribution in [0.5, 0.6) is 0 Å². The SMILES string of the molecule is CCN(CC(C)(C)Cc1ccc(C)cc1)c1ccccc1. The Morgan fingerprint density at radius 3 is 2.10 bits per heavy atom. The van der Waals surface area contributed by atoms with Crippen LogP contribution < -0.4 is 4.90 Å². The van der Waals surface area contributed by atoms with Gasteiger partial charge in [0.2, 0.25) is 0 Å². The first-order valence-electron chi connectivity index (χ1n) is 7.86. The molecule has 0 fully saturated rings. The Balaban J connectivity index is 2.06. The smallest absolute Gasteiger partial charge is 0.0366 e. The van der Waals surface area contributed by atoms with Gasteiger partial charge in [-0.05, 0) is 43.4 Å². The zero-order chi connectivity index (χ0) is 15.3. The number of nitrogens with zero attached hydrogens (tertiary/aromatic N) is 1. The molecule has 0 unspecified atom stereocenters. The maximum atomic E-state index is 2.47. The average molecular weight is 281 g/mol. The monoisotopic (exact) mass is 281 g/mol. The second-order valence-electron chi connectivity index (χ2n) is 6.68. The first-order valence-corrected chi connectivity index (χ1v) is 7.86. The largest absolute Gasteiger partial charge is 0.371 e. The third-order valence-corrected chi connectivity index (χ3v) is 3.93. The Morgan fingerprint density at radius 1 is 0.905 bits per heavy atom. The van der Waals surface area contributed by atoms with Crippen molar-refractivity contribution in [2.24, 2.45) is 5.41 Å². The molecule has 2 aromatic carbocycles. The van der Waals surface area contributed by atoms with Crippen LogP contribution in [0.15, 0.2) is 54.6 Å². The predicted octanol–water partition coefficient (Wildman–Crippen LogP) is 5.09. The molecule has 0 atom stereocenters. The molecular weight excluding hydrogens is 254 g/mol. The molecule has 0 aliphatic heterocycles. The van der Waals surface area contributed by atoms with Crippen molar-refractivity contribution >= 4 is 5.69 Å². The van der Waals surface area contributed by atoms with Crippen molar-refractivity contribution in [2.75, 3.05) is 18.0 Å². The lowest BCUT2D eigenvalue weighted by molar-refractivity contribution is 0.364. The summed E-state index contributed by atoms with van der Waals surface area (Å²) in [4.78, 5) is 2.47. The molecule has 2 aromatic rings. The van der Waals surface area contributed by atoms with Crippen LogP contribution >= 0.6 is 0 Å². The molecule has 0 N–H and O–H groups in total. The molecule has 0 aliphatic carbocycles. The van der Waals surface area contributed by atoms with Crippen molar-refractivity contribution in [1.29, 1.82) is 0 Å². The summed E-state index contributed by atoms with van der Waals surface area (Å²) in [6.07, 6.45) is 1.11. The fraction of sp³-hybridized carbons (Fsp3) is 0.400. The highest BCUT2D eigenvalue weighted by atomic mass is 15.1. The van der Waals surface area contributed by atoms with Crippen LogP contribution in [0.1, 0.15) is 31.9 Å². The fourth-order valence-corrected chi connectivity index (χ4v) is 2.86.